The molecule has 0 aliphatic carbocycles. The second-order valence-corrected chi connectivity index (χ2v) is 1.57. The topological polar surface area (TPSA) is 115 Å². The summed E-state index contributed by atoms with van der Waals surface area (Å²) >= 11 is 0. The standard InChI is InChI=1S/C4H6O6.K.Na.Sb.5H/c5-1(3(7)8)2(6)4(9)10;;;;;;;;/h1-2,5-6H,(H,7,8)(H,9,10);;;;;;;;/q;2*+1;;;;;2*-1. The fraction of sp³-hybridized carbons (Fsp3) is 0.500. The van der Waals surface area contributed by atoms with Crippen LogP contribution in [0.5, 0.6) is 0 Å². The summed E-state index contributed by atoms with van der Waals surface area (Å²) in [4.78, 5) is 19.5. The Hall–Kier alpha value is 2.31. The van der Waals surface area contributed by atoms with Gasteiger partial charge >= 0.3 is 117 Å². The molecule has 0 heterocycles. The van der Waals surface area contributed by atoms with Crippen LogP contribution in [0.4, 0.5) is 0 Å². The molecule has 0 bridgehead atoms. The van der Waals surface area contributed by atoms with E-state index in [1.54, 1.807) is 0 Å². The molecule has 0 saturated heterocycles. The predicted octanol–water partition coefficient (Wildman–Crippen LogP) is -9.07. The van der Waals surface area contributed by atoms with E-state index in [0.717, 1.165) is 0 Å². The third kappa shape index (κ3) is 10.6. The fourth-order valence-corrected chi connectivity index (χ4v) is 0.270. The van der Waals surface area contributed by atoms with Gasteiger partial charge in [0.15, 0.2) is 12.2 Å². The number of carbonyl (C=O) groups is 2. The number of aliphatic hydroxyl groups excluding tert-OH is 2. The SMILES string of the molecule is O=C(O)C(O)C(O)C(=O)O.[H-].[H-].[K+].[Na+].[SbH3]. The number of aliphatic carboxylic acids is 2. The average Bonchev–Trinajstić information content (AvgIpc) is 1.84. The summed E-state index contributed by atoms with van der Waals surface area (Å²) in [5, 5.41) is 32.5. The van der Waals surface area contributed by atoms with E-state index in [2.05, 4.69) is 0 Å². The van der Waals surface area contributed by atoms with E-state index in [9.17, 15) is 9.59 Å². The molecule has 0 spiro atoms. The van der Waals surface area contributed by atoms with E-state index in [1.165, 1.54) is 0 Å². The summed E-state index contributed by atoms with van der Waals surface area (Å²) in [5.74, 6) is -3.54. The van der Waals surface area contributed by atoms with Gasteiger partial charge in [0.25, 0.3) is 0 Å². The maximum atomic E-state index is 9.77. The van der Waals surface area contributed by atoms with Crippen molar-refractivity contribution in [1.29, 1.82) is 0 Å². The molecule has 0 rings (SSSR count). The van der Waals surface area contributed by atoms with Crippen LogP contribution in [-0.4, -0.2) is 69.0 Å². The number of hydrogen-bond donors (Lipinski definition) is 4. The quantitative estimate of drug-likeness (QED) is 0.380. The van der Waals surface area contributed by atoms with Crippen LogP contribution < -0.4 is 80.9 Å². The van der Waals surface area contributed by atoms with Crippen LogP contribution in [0.1, 0.15) is 2.85 Å². The molecule has 6 nitrogen and oxygen atoms in total. The second kappa shape index (κ2) is 12.4. The molecular formula is C4H11KNaO6Sb. The number of carboxylic acids is 2. The van der Waals surface area contributed by atoms with Crippen molar-refractivity contribution >= 4 is 36.4 Å². The molecule has 0 fully saturated rings. The van der Waals surface area contributed by atoms with E-state index in [4.69, 9.17) is 20.4 Å². The van der Waals surface area contributed by atoms with Gasteiger partial charge in [-0.3, -0.25) is 0 Å². The molecule has 2 unspecified atom stereocenters. The van der Waals surface area contributed by atoms with Gasteiger partial charge < -0.3 is 23.3 Å². The normalized spacial score (nSPS) is 12.2. The van der Waals surface area contributed by atoms with Crippen molar-refractivity contribution in [3.8, 4) is 0 Å². The zero-order chi connectivity index (χ0) is 8.31. The predicted molar refractivity (Wildman–Crippen MR) is 39.4 cm³/mol. The van der Waals surface area contributed by atoms with E-state index >= 15 is 0 Å². The maximum absolute atomic E-state index is 9.77. The van der Waals surface area contributed by atoms with Gasteiger partial charge in [-0.2, -0.15) is 0 Å². The number of aliphatic hydroxyl groups is 2. The summed E-state index contributed by atoms with van der Waals surface area (Å²) in [5.41, 5.74) is 0. The summed E-state index contributed by atoms with van der Waals surface area (Å²) in [6.45, 7) is 0. The van der Waals surface area contributed by atoms with Crippen LogP contribution in [0.25, 0.3) is 0 Å². The molecule has 9 heteroatoms. The molecular weight excluding hydrogens is 328 g/mol. The monoisotopic (exact) mass is 338 g/mol. The summed E-state index contributed by atoms with van der Waals surface area (Å²) in [6, 6.07) is 0. The van der Waals surface area contributed by atoms with E-state index in [-0.39, 0.29) is 108 Å². The van der Waals surface area contributed by atoms with Gasteiger partial charge in [-0.1, -0.05) is 0 Å². The Balaban J connectivity index is -0.0000000405. The van der Waals surface area contributed by atoms with Gasteiger partial charge in [0.05, 0.1) is 0 Å². The van der Waals surface area contributed by atoms with Crippen molar-refractivity contribution in [3.63, 3.8) is 0 Å². The molecule has 13 heavy (non-hydrogen) atoms. The molecule has 0 aromatic heterocycles. The molecule has 0 saturated carbocycles. The van der Waals surface area contributed by atoms with Gasteiger partial charge in [-0.25, -0.2) is 9.59 Å². The molecule has 0 aromatic carbocycles. The minimum absolute atomic E-state index is 0. The Morgan fingerprint density at radius 3 is 1.23 bits per heavy atom. The first kappa shape index (κ1) is 24.5. The first-order valence-corrected chi connectivity index (χ1v) is 2.28. The van der Waals surface area contributed by atoms with Crippen LogP contribution >= 0.6 is 0 Å². The first-order chi connectivity index (χ1) is 4.46. The average molecular weight is 339 g/mol. The van der Waals surface area contributed by atoms with Gasteiger partial charge in [-0.05, 0) is 0 Å². The number of hydrogen-bond acceptors (Lipinski definition) is 4. The van der Waals surface area contributed by atoms with Crippen LogP contribution in [0.3, 0.4) is 0 Å². The van der Waals surface area contributed by atoms with E-state index in [0.29, 0.717) is 0 Å². The Morgan fingerprint density at radius 1 is 1.00 bits per heavy atom. The molecule has 70 valence electrons. The Morgan fingerprint density at radius 2 is 1.15 bits per heavy atom. The zero-order valence-corrected chi connectivity index (χ0v) is 16.6. The van der Waals surface area contributed by atoms with Crippen LogP contribution in [0.2, 0.25) is 0 Å². The van der Waals surface area contributed by atoms with Crippen molar-refractivity contribution in [1.82, 2.24) is 0 Å². The molecule has 0 aliphatic rings. The first-order valence-electron chi connectivity index (χ1n) is 2.28. The zero-order valence-electron chi connectivity index (χ0n) is 9.47. The van der Waals surface area contributed by atoms with E-state index in [1.807, 2.05) is 0 Å². The van der Waals surface area contributed by atoms with Crippen molar-refractivity contribution < 1.29 is 114 Å². The van der Waals surface area contributed by atoms with Gasteiger partial charge in [0.2, 0.25) is 0 Å². The van der Waals surface area contributed by atoms with Crippen molar-refractivity contribution in [2.75, 3.05) is 0 Å². The summed E-state index contributed by atoms with van der Waals surface area (Å²) in [7, 11) is 0. The van der Waals surface area contributed by atoms with Crippen molar-refractivity contribution in [3.05, 3.63) is 0 Å². The van der Waals surface area contributed by atoms with Gasteiger partial charge in [0, 0.05) is 0 Å². The minimum atomic E-state index is -2.27. The third-order valence-electron chi connectivity index (χ3n) is 0.805. The fourth-order valence-electron chi connectivity index (χ4n) is 0.270. The Kier molecular flexibility index (Phi) is 23.4. The number of carboxylic acid groups (broad SMARTS) is 2. The van der Waals surface area contributed by atoms with Crippen LogP contribution in [0.15, 0.2) is 0 Å². The Labute approximate surface area is 159 Å². The number of rotatable bonds is 3. The molecule has 0 radical (unpaired) electrons. The molecule has 0 amide bonds. The molecule has 0 aromatic rings. The van der Waals surface area contributed by atoms with Crippen LogP contribution in [0, 0.1) is 0 Å². The summed E-state index contributed by atoms with van der Waals surface area (Å²) in [6.07, 6.45) is -4.53. The Bertz CT molecular complexity index is 157. The summed E-state index contributed by atoms with van der Waals surface area (Å²) < 4.78 is 0. The third-order valence-corrected chi connectivity index (χ3v) is 0.805. The van der Waals surface area contributed by atoms with Gasteiger partial charge in [-0.15, -0.1) is 0 Å². The molecule has 4 N–H and O–H groups in total. The van der Waals surface area contributed by atoms with Crippen LogP contribution in [-0.2, 0) is 9.59 Å². The molecule has 2 atom stereocenters. The van der Waals surface area contributed by atoms with Crippen molar-refractivity contribution in [2.24, 2.45) is 0 Å². The molecule has 0 aliphatic heterocycles. The van der Waals surface area contributed by atoms with E-state index < -0.39 is 24.1 Å². The van der Waals surface area contributed by atoms with Crippen molar-refractivity contribution in [2.45, 2.75) is 12.2 Å². The van der Waals surface area contributed by atoms with Gasteiger partial charge in [0.1, 0.15) is 0 Å². The second-order valence-electron chi connectivity index (χ2n) is 1.57.